The van der Waals surface area contributed by atoms with Gasteiger partial charge in [0.1, 0.15) is 18.2 Å². The summed E-state index contributed by atoms with van der Waals surface area (Å²) in [6.45, 7) is 7.95. The Morgan fingerprint density at radius 3 is 2.28 bits per heavy atom. The van der Waals surface area contributed by atoms with E-state index in [1.165, 1.54) is 5.39 Å². The lowest BCUT2D eigenvalue weighted by Gasteiger charge is -2.18. The standard InChI is InChI=1S/C34H32NO/c1-22-10-16-29-28-17-15-25-8-6-7-9-27(25)32(28)36-33(29)31(22)30-20-26(18-19-35(30)5)24-13-11-23(12-14-24)21-34(2,3)4/h6-20H,21H2,1-5H3/q+1/i21D2. The highest BCUT2D eigenvalue weighted by molar-refractivity contribution is 6.17. The third-order valence-corrected chi connectivity index (χ3v) is 6.88. The normalized spacial score (nSPS) is 13.4. The van der Waals surface area contributed by atoms with Crippen LogP contribution in [0.2, 0.25) is 0 Å². The van der Waals surface area contributed by atoms with Crippen molar-refractivity contribution < 1.29 is 11.7 Å². The molecule has 6 rings (SSSR count). The number of nitrogens with zero attached hydrogens (tertiary/aromatic N) is 1. The average Bonchev–Trinajstić information content (AvgIpc) is 3.28. The third-order valence-electron chi connectivity index (χ3n) is 6.88. The number of aromatic nitrogens is 1. The molecule has 0 aliphatic heterocycles. The zero-order valence-corrected chi connectivity index (χ0v) is 21.5. The van der Waals surface area contributed by atoms with Crippen LogP contribution in [0, 0.1) is 12.3 Å². The number of aryl methyl sites for hydroxylation is 2. The van der Waals surface area contributed by atoms with E-state index in [9.17, 15) is 0 Å². The van der Waals surface area contributed by atoms with Crippen molar-refractivity contribution in [3.8, 4) is 22.4 Å². The van der Waals surface area contributed by atoms with Crippen LogP contribution in [0.5, 0.6) is 0 Å². The molecule has 0 atom stereocenters. The van der Waals surface area contributed by atoms with E-state index in [1.807, 2.05) is 45.0 Å². The summed E-state index contributed by atoms with van der Waals surface area (Å²) in [5.74, 6) is 0. The number of hydrogen-bond acceptors (Lipinski definition) is 1. The van der Waals surface area contributed by atoms with Gasteiger partial charge < -0.3 is 4.42 Å². The molecule has 0 amide bonds. The quantitative estimate of drug-likeness (QED) is 0.235. The lowest BCUT2D eigenvalue weighted by Crippen LogP contribution is -2.30. The van der Waals surface area contributed by atoms with E-state index in [0.29, 0.717) is 5.56 Å². The molecule has 0 fully saturated rings. The van der Waals surface area contributed by atoms with E-state index in [2.05, 4.69) is 85.4 Å². The predicted molar refractivity (Wildman–Crippen MR) is 151 cm³/mol. The molecule has 178 valence electrons. The zero-order valence-electron chi connectivity index (χ0n) is 23.5. The van der Waals surface area contributed by atoms with Crippen LogP contribution in [0.1, 0.15) is 34.6 Å². The Balaban J connectivity index is 1.51. The predicted octanol–water partition coefficient (Wildman–Crippen LogP) is 8.79. The van der Waals surface area contributed by atoms with E-state index >= 15 is 0 Å². The van der Waals surface area contributed by atoms with Crippen molar-refractivity contribution in [3.63, 3.8) is 0 Å². The van der Waals surface area contributed by atoms with Crippen LogP contribution in [0.3, 0.4) is 0 Å². The van der Waals surface area contributed by atoms with Gasteiger partial charge >= 0.3 is 0 Å². The Bertz CT molecular complexity index is 1840. The van der Waals surface area contributed by atoms with Gasteiger partial charge in [-0.3, -0.25) is 0 Å². The molecule has 36 heavy (non-hydrogen) atoms. The molecular formula is C34H32NO+. The minimum atomic E-state index is -1.42. The van der Waals surface area contributed by atoms with Gasteiger partial charge in [-0.2, -0.15) is 0 Å². The summed E-state index contributed by atoms with van der Waals surface area (Å²) in [5, 5.41) is 4.54. The summed E-state index contributed by atoms with van der Waals surface area (Å²) in [7, 11) is 2.07. The van der Waals surface area contributed by atoms with Crippen molar-refractivity contribution in [2.45, 2.75) is 34.1 Å². The van der Waals surface area contributed by atoms with Crippen LogP contribution in [-0.4, -0.2) is 0 Å². The van der Waals surface area contributed by atoms with E-state index in [1.54, 1.807) is 0 Å². The van der Waals surface area contributed by atoms with Crippen molar-refractivity contribution >= 4 is 32.7 Å². The van der Waals surface area contributed by atoms with Crippen LogP contribution >= 0.6 is 0 Å². The summed E-state index contributed by atoms with van der Waals surface area (Å²) >= 11 is 0. The summed E-state index contributed by atoms with van der Waals surface area (Å²) in [6.07, 6.45) is 0.668. The van der Waals surface area contributed by atoms with Crippen molar-refractivity contribution in [1.29, 1.82) is 0 Å². The molecular weight excluding hydrogens is 438 g/mol. The molecule has 0 saturated carbocycles. The second kappa shape index (κ2) is 8.34. The molecule has 2 nitrogen and oxygen atoms in total. The monoisotopic (exact) mass is 472 g/mol. The van der Waals surface area contributed by atoms with Crippen LogP contribution in [-0.2, 0) is 13.4 Å². The van der Waals surface area contributed by atoms with Crippen LogP contribution in [0.4, 0.5) is 0 Å². The van der Waals surface area contributed by atoms with Gasteiger partial charge in [-0.1, -0.05) is 87.5 Å². The van der Waals surface area contributed by atoms with E-state index < -0.39 is 11.8 Å². The second-order valence-electron chi connectivity index (χ2n) is 10.8. The van der Waals surface area contributed by atoms with Crippen molar-refractivity contribution in [1.82, 2.24) is 0 Å². The topological polar surface area (TPSA) is 17.0 Å². The first-order valence-corrected chi connectivity index (χ1v) is 12.5. The number of pyridine rings is 1. The fourth-order valence-corrected chi connectivity index (χ4v) is 5.16. The van der Waals surface area contributed by atoms with Crippen molar-refractivity contribution in [2.75, 3.05) is 0 Å². The highest BCUT2D eigenvalue weighted by Gasteiger charge is 2.22. The Morgan fingerprint density at radius 1 is 0.778 bits per heavy atom. The minimum absolute atomic E-state index is 0.490. The first kappa shape index (κ1) is 20.3. The van der Waals surface area contributed by atoms with E-state index in [4.69, 9.17) is 7.16 Å². The maximum atomic E-state index is 8.62. The smallest absolute Gasteiger partial charge is 0.216 e. The van der Waals surface area contributed by atoms with Gasteiger partial charge in [0.25, 0.3) is 0 Å². The molecule has 2 aromatic heterocycles. The van der Waals surface area contributed by atoms with Gasteiger partial charge in [0.15, 0.2) is 6.20 Å². The summed E-state index contributed by atoms with van der Waals surface area (Å²) in [6, 6.07) is 29.2. The Hall–Kier alpha value is -3.91. The number of fused-ring (bicyclic) bond motifs is 5. The molecule has 0 aliphatic carbocycles. The molecule has 0 aliphatic rings. The first-order chi connectivity index (χ1) is 18.1. The van der Waals surface area contributed by atoms with E-state index in [0.717, 1.165) is 55.3 Å². The zero-order chi connectivity index (χ0) is 26.8. The fraction of sp³-hybridized carbons (Fsp3) is 0.206. The molecule has 0 radical (unpaired) electrons. The molecule has 2 heterocycles. The van der Waals surface area contributed by atoms with Crippen molar-refractivity contribution in [2.24, 2.45) is 12.5 Å². The number of furan rings is 1. The Labute approximate surface area is 215 Å². The van der Waals surface area contributed by atoms with Crippen LogP contribution < -0.4 is 4.57 Å². The SMILES string of the molecule is [2H]C([2H])(c1ccc(-c2cc[n+](C)c(-c3c(C)ccc4c3oc3c5ccccc5ccc43)c2)cc1)C(C)(C)C. The van der Waals surface area contributed by atoms with Gasteiger partial charge in [-0.05, 0) is 52.4 Å². The van der Waals surface area contributed by atoms with Crippen LogP contribution in [0.25, 0.3) is 55.1 Å². The average molecular weight is 473 g/mol. The van der Waals surface area contributed by atoms with Gasteiger partial charge in [-0.25, -0.2) is 4.57 Å². The molecule has 4 aromatic carbocycles. The Kier molecular flexibility index (Phi) is 4.70. The van der Waals surface area contributed by atoms with Crippen LogP contribution in [0.15, 0.2) is 95.5 Å². The number of benzene rings is 4. The maximum Gasteiger partial charge on any atom is 0.216 e. The lowest BCUT2D eigenvalue weighted by atomic mass is 9.87. The molecule has 0 bridgehead atoms. The van der Waals surface area contributed by atoms with Crippen molar-refractivity contribution in [3.05, 3.63) is 102 Å². The molecule has 0 N–H and O–H groups in total. The van der Waals surface area contributed by atoms with Gasteiger partial charge in [0, 0.05) is 31.0 Å². The minimum Gasteiger partial charge on any atom is -0.454 e. The number of hydrogen-bond donors (Lipinski definition) is 0. The summed E-state index contributed by atoms with van der Waals surface area (Å²) < 4.78 is 26.0. The Morgan fingerprint density at radius 2 is 1.50 bits per heavy atom. The maximum absolute atomic E-state index is 8.62. The second-order valence-corrected chi connectivity index (χ2v) is 10.8. The molecule has 2 heteroatoms. The lowest BCUT2D eigenvalue weighted by molar-refractivity contribution is -0.660. The third kappa shape index (κ3) is 3.87. The summed E-state index contributed by atoms with van der Waals surface area (Å²) in [5.41, 5.74) is 7.49. The van der Waals surface area contributed by atoms with Gasteiger partial charge in [0.2, 0.25) is 5.69 Å². The highest BCUT2D eigenvalue weighted by Crippen LogP contribution is 2.40. The van der Waals surface area contributed by atoms with Gasteiger partial charge in [0.05, 0.1) is 5.56 Å². The molecule has 0 spiro atoms. The molecule has 0 unspecified atom stereocenters. The fourth-order valence-electron chi connectivity index (χ4n) is 5.16. The first-order valence-electron chi connectivity index (χ1n) is 13.5. The summed E-state index contributed by atoms with van der Waals surface area (Å²) in [4.78, 5) is 0. The molecule has 0 saturated heterocycles. The molecule has 6 aromatic rings. The highest BCUT2D eigenvalue weighted by atomic mass is 16.3. The van der Waals surface area contributed by atoms with Gasteiger partial charge in [-0.15, -0.1) is 0 Å². The largest absolute Gasteiger partial charge is 0.454 e. The number of rotatable bonds is 3. The van der Waals surface area contributed by atoms with E-state index in [-0.39, 0.29) is 0 Å².